The molecule has 3 heteroatoms. The number of carbonyl (C=O) groups is 1. The van der Waals surface area contributed by atoms with Gasteiger partial charge in [0.05, 0.1) is 0 Å². The second kappa shape index (κ2) is 4.91. The summed E-state index contributed by atoms with van der Waals surface area (Å²) in [5, 5.41) is 8.69. The molecule has 64 valence electrons. The van der Waals surface area contributed by atoms with Crippen molar-refractivity contribution >= 4 is 5.97 Å². The van der Waals surface area contributed by atoms with Crippen molar-refractivity contribution in [2.45, 2.75) is 19.4 Å². The van der Waals surface area contributed by atoms with Crippen LogP contribution in [0.1, 0.15) is 13.3 Å². The first-order valence-corrected chi connectivity index (χ1v) is 3.67. The van der Waals surface area contributed by atoms with Crippen LogP contribution in [0.15, 0.2) is 12.7 Å². The summed E-state index contributed by atoms with van der Waals surface area (Å²) in [7, 11) is 1.78. The molecule has 1 atom stereocenters. The van der Waals surface area contributed by atoms with Crippen molar-refractivity contribution in [1.82, 2.24) is 4.90 Å². The third kappa shape index (κ3) is 3.18. The first kappa shape index (κ1) is 10.2. The van der Waals surface area contributed by atoms with Gasteiger partial charge in [0.1, 0.15) is 6.04 Å². The maximum Gasteiger partial charge on any atom is 0.320 e. The molecule has 11 heavy (non-hydrogen) atoms. The molecule has 0 aliphatic rings. The van der Waals surface area contributed by atoms with E-state index in [2.05, 4.69) is 6.58 Å². The Bertz CT molecular complexity index is 145. The van der Waals surface area contributed by atoms with E-state index in [1.165, 1.54) is 0 Å². The first-order chi connectivity index (χ1) is 5.13. The quantitative estimate of drug-likeness (QED) is 0.604. The molecule has 0 saturated carbocycles. The monoisotopic (exact) mass is 157 g/mol. The molecule has 0 rings (SSSR count). The van der Waals surface area contributed by atoms with Crippen LogP contribution in [0.4, 0.5) is 0 Å². The number of carboxylic acids is 1. The number of aliphatic carboxylic acids is 1. The molecule has 0 aromatic carbocycles. The van der Waals surface area contributed by atoms with E-state index in [0.717, 1.165) is 0 Å². The Morgan fingerprint density at radius 3 is 2.64 bits per heavy atom. The van der Waals surface area contributed by atoms with E-state index in [4.69, 9.17) is 5.11 Å². The Balaban J connectivity index is 4.01. The van der Waals surface area contributed by atoms with Gasteiger partial charge in [-0.25, -0.2) is 0 Å². The molecule has 3 nitrogen and oxygen atoms in total. The van der Waals surface area contributed by atoms with E-state index >= 15 is 0 Å². The highest BCUT2D eigenvalue weighted by Gasteiger charge is 2.18. The van der Waals surface area contributed by atoms with Gasteiger partial charge in [-0.3, -0.25) is 9.69 Å². The van der Waals surface area contributed by atoms with Crippen LogP contribution < -0.4 is 0 Å². The standard InChI is InChI=1S/C8H15NO2/c1-4-6-9(3)7(5-2)8(10)11/h4,7H,1,5-6H2,2-3H3,(H,10,11). The zero-order valence-electron chi connectivity index (χ0n) is 7.08. The summed E-state index contributed by atoms with van der Waals surface area (Å²) in [6.07, 6.45) is 2.32. The fourth-order valence-corrected chi connectivity index (χ4v) is 1.01. The van der Waals surface area contributed by atoms with Gasteiger partial charge in [0, 0.05) is 6.54 Å². The summed E-state index contributed by atoms with van der Waals surface area (Å²) in [5.74, 6) is -0.767. The van der Waals surface area contributed by atoms with Crippen molar-refractivity contribution in [2.24, 2.45) is 0 Å². The van der Waals surface area contributed by atoms with E-state index in [-0.39, 0.29) is 6.04 Å². The summed E-state index contributed by atoms with van der Waals surface area (Å²) in [6.45, 7) is 6.02. The maximum absolute atomic E-state index is 10.6. The second-order valence-electron chi connectivity index (χ2n) is 2.49. The summed E-state index contributed by atoms with van der Waals surface area (Å²) in [6, 6.07) is -0.381. The molecule has 0 saturated heterocycles. The van der Waals surface area contributed by atoms with Crippen LogP contribution in [0, 0.1) is 0 Å². The Hall–Kier alpha value is -0.830. The molecule has 1 unspecified atom stereocenters. The molecule has 0 fully saturated rings. The van der Waals surface area contributed by atoms with Crippen LogP contribution in [-0.2, 0) is 4.79 Å². The molecule has 0 radical (unpaired) electrons. The smallest absolute Gasteiger partial charge is 0.320 e. The second-order valence-corrected chi connectivity index (χ2v) is 2.49. The molecule has 1 N–H and O–H groups in total. The van der Waals surface area contributed by atoms with Gasteiger partial charge in [-0.1, -0.05) is 13.0 Å². The Morgan fingerprint density at radius 1 is 1.82 bits per heavy atom. The van der Waals surface area contributed by atoms with Gasteiger partial charge in [-0.15, -0.1) is 6.58 Å². The number of likely N-dealkylation sites (N-methyl/N-ethyl adjacent to an activating group) is 1. The molecule has 0 aromatic heterocycles. The van der Waals surface area contributed by atoms with Gasteiger partial charge in [0.25, 0.3) is 0 Å². The lowest BCUT2D eigenvalue weighted by Gasteiger charge is -2.21. The molecule has 0 aliphatic carbocycles. The van der Waals surface area contributed by atoms with E-state index in [1.807, 2.05) is 6.92 Å². The van der Waals surface area contributed by atoms with E-state index in [0.29, 0.717) is 13.0 Å². The van der Waals surface area contributed by atoms with Crippen LogP contribution in [0.3, 0.4) is 0 Å². The Kier molecular flexibility index (Phi) is 4.54. The molecule has 0 heterocycles. The fourth-order valence-electron chi connectivity index (χ4n) is 1.01. The number of rotatable bonds is 5. The average Bonchev–Trinajstić information content (AvgIpc) is 1.88. The molecule has 0 amide bonds. The first-order valence-electron chi connectivity index (χ1n) is 3.67. The molecular formula is C8H15NO2. The minimum Gasteiger partial charge on any atom is -0.480 e. The SMILES string of the molecule is C=CCN(C)C(CC)C(=O)O. The predicted molar refractivity (Wildman–Crippen MR) is 44.5 cm³/mol. The highest BCUT2D eigenvalue weighted by molar-refractivity contribution is 5.73. The Morgan fingerprint density at radius 2 is 2.36 bits per heavy atom. The molecule has 0 aliphatic heterocycles. The average molecular weight is 157 g/mol. The van der Waals surface area contributed by atoms with Gasteiger partial charge < -0.3 is 5.11 Å². The summed E-state index contributed by atoms with van der Waals surface area (Å²) in [5.41, 5.74) is 0. The van der Waals surface area contributed by atoms with Crippen molar-refractivity contribution < 1.29 is 9.90 Å². The number of hydrogen-bond donors (Lipinski definition) is 1. The fraction of sp³-hybridized carbons (Fsp3) is 0.625. The third-order valence-corrected chi connectivity index (χ3v) is 1.62. The number of hydrogen-bond acceptors (Lipinski definition) is 2. The largest absolute Gasteiger partial charge is 0.480 e. The third-order valence-electron chi connectivity index (χ3n) is 1.62. The van der Waals surface area contributed by atoms with Crippen LogP contribution in [0.25, 0.3) is 0 Å². The predicted octanol–water partition coefficient (Wildman–Crippen LogP) is 0.967. The van der Waals surface area contributed by atoms with Crippen molar-refractivity contribution in [3.8, 4) is 0 Å². The van der Waals surface area contributed by atoms with E-state index in [1.54, 1.807) is 18.0 Å². The minimum absolute atomic E-state index is 0.381. The lowest BCUT2D eigenvalue weighted by molar-refractivity contribution is -0.142. The number of nitrogens with zero attached hydrogens (tertiary/aromatic N) is 1. The molecule has 0 aromatic rings. The summed E-state index contributed by atoms with van der Waals surface area (Å²) in [4.78, 5) is 12.3. The van der Waals surface area contributed by atoms with Gasteiger partial charge in [-0.05, 0) is 13.5 Å². The van der Waals surface area contributed by atoms with E-state index < -0.39 is 5.97 Å². The van der Waals surface area contributed by atoms with E-state index in [9.17, 15) is 4.79 Å². The van der Waals surface area contributed by atoms with Crippen molar-refractivity contribution in [3.05, 3.63) is 12.7 Å². The maximum atomic E-state index is 10.6. The topological polar surface area (TPSA) is 40.5 Å². The lowest BCUT2D eigenvalue weighted by atomic mass is 10.2. The zero-order valence-corrected chi connectivity index (χ0v) is 7.08. The van der Waals surface area contributed by atoms with Crippen LogP contribution >= 0.6 is 0 Å². The van der Waals surface area contributed by atoms with Gasteiger partial charge in [-0.2, -0.15) is 0 Å². The summed E-state index contributed by atoms with van der Waals surface area (Å²) >= 11 is 0. The van der Waals surface area contributed by atoms with Crippen LogP contribution in [-0.4, -0.2) is 35.6 Å². The van der Waals surface area contributed by atoms with Crippen LogP contribution in [0.5, 0.6) is 0 Å². The van der Waals surface area contributed by atoms with Crippen molar-refractivity contribution in [3.63, 3.8) is 0 Å². The zero-order chi connectivity index (χ0) is 8.85. The summed E-state index contributed by atoms with van der Waals surface area (Å²) < 4.78 is 0. The van der Waals surface area contributed by atoms with Gasteiger partial charge in [0.15, 0.2) is 0 Å². The van der Waals surface area contributed by atoms with Crippen LogP contribution in [0.2, 0.25) is 0 Å². The normalized spacial score (nSPS) is 13.0. The number of carboxylic acid groups (broad SMARTS) is 1. The highest BCUT2D eigenvalue weighted by Crippen LogP contribution is 2.00. The van der Waals surface area contributed by atoms with Crippen molar-refractivity contribution in [1.29, 1.82) is 0 Å². The molecule has 0 bridgehead atoms. The highest BCUT2D eigenvalue weighted by atomic mass is 16.4. The van der Waals surface area contributed by atoms with Crippen molar-refractivity contribution in [2.75, 3.05) is 13.6 Å². The van der Waals surface area contributed by atoms with Gasteiger partial charge in [0.2, 0.25) is 0 Å². The Labute approximate surface area is 67.3 Å². The molecular weight excluding hydrogens is 142 g/mol. The minimum atomic E-state index is -0.767. The van der Waals surface area contributed by atoms with Gasteiger partial charge >= 0.3 is 5.97 Å². The lowest BCUT2D eigenvalue weighted by Crippen LogP contribution is -2.37. The molecule has 0 spiro atoms.